The number of carbonyl (C=O) groups excluding carboxylic acids is 1. The summed E-state index contributed by atoms with van der Waals surface area (Å²) in [6.45, 7) is 0. The van der Waals surface area contributed by atoms with Crippen molar-refractivity contribution in [3.63, 3.8) is 0 Å². The topological polar surface area (TPSA) is 85.2 Å². The summed E-state index contributed by atoms with van der Waals surface area (Å²) in [5, 5.41) is 11.5. The Balaban J connectivity index is 1.41. The maximum absolute atomic E-state index is 12.5. The zero-order valence-corrected chi connectivity index (χ0v) is 17.5. The zero-order valence-electron chi connectivity index (χ0n) is 15.1. The third kappa shape index (κ3) is 4.38. The quantitative estimate of drug-likeness (QED) is 0.630. The van der Waals surface area contributed by atoms with Gasteiger partial charge in [0, 0.05) is 30.4 Å². The van der Waals surface area contributed by atoms with Crippen LogP contribution in [0, 0.1) is 0 Å². The smallest absolute Gasteiger partial charge is 0.233 e. The Labute approximate surface area is 167 Å². The van der Waals surface area contributed by atoms with Crippen LogP contribution in [0.15, 0.2) is 22.7 Å². The molecule has 10 heteroatoms. The van der Waals surface area contributed by atoms with Crippen molar-refractivity contribution in [2.45, 2.75) is 42.9 Å². The Kier molecular flexibility index (Phi) is 5.30. The monoisotopic (exact) mass is 426 g/mol. The second-order valence-corrected chi connectivity index (χ2v) is 11.3. The molecule has 3 heterocycles. The number of rotatable bonds is 7. The molecule has 1 atom stereocenters. The highest BCUT2D eigenvalue weighted by Gasteiger charge is 2.33. The first-order valence-corrected chi connectivity index (χ1v) is 12.7. The fourth-order valence-electron chi connectivity index (χ4n) is 3.31. The molecule has 1 aliphatic heterocycles. The Hall–Kier alpha value is -1.39. The molecule has 0 aromatic carbocycles. The highest BCUT2D eigenvalue weighted by molar-refractivity contribution is 7.99. The van der Waals surface area contributed by atoms with Gasteiger partial charge in [0.1, 0.15) is 5.82 Å². The highest BCUT2D eigenvalue weighted by atomic mass is 32.2. The van der Waals surface area contributed by atoms with Gasteiger partial charge in [-0.05, 0) is 30.7 Å². The Bertz CT molecular complexity index is 919. The summed E-state index contributed by atoms with van der Waals surface area (Å²) >= 11 is 3.10. The van der Waals surface area contributed by atoms with Crippen LogP contribution in [0.3, 0.4) is 0 Å². The molecule has 146 valence electrons. The van der Waals surface area contributed by atoms with E-state index in [9.17, 15) is 13.2 Å². The molecule has 2 fully saturated rings. The Morgan fingerprint density at radius 3 is 2.81 bits per heavy atom. The van der Waals surface area contributed by atoms with Crippen molar-refractivity contribution in [1.82, 2.24) is 19.7 Å². The molecule has 0 unspecified atom stereocenters. The predicted octanol–water partition coefficient (Wildman–Crippen LogP) is 2.00. The van der Waals surface area contributed by atoms with Crippen LogP contribution in [0.2, 0.25) is 0 Å². The number of amides is 1. The van der Waals surface area contributed by atoms with E-state index in [4.69, 9.17) is 0 Å². The van der Waals surface area contributed by atoms with Gasteiger partial charge in [-0.25, -0.2) is 8.42 Å². The molecule has 27 heavy (non-hydrogen) atoms. The highest BCUT2D eigenvalue weighted by Crippen LogP contribution is 2.39. The summed E-state index contributed by atoms with van der Waals surface area (Å²) in [5.74, 6) is 1.38. The summed E-state index contributed by atoms with van der Waals surface area (Å²) in [7, 11) is -1.30. The van der Waals surface area contributed by atoms with E-state index in [1.54, 1.807) is 23.3 Å². The third-order valence-electron chi connectivity index (χ3n) is 5.03. The minimum atomic E-state index is -3.00. The fraction of sp³-hybridized carbons (Fsp3) is 0.588. The van der Waals surface area contributed by atoms with Crippen LogP contribution in [-0.4, -0.2) is 64.3 Å². The van der Waals surface area contributed by atoms with Crippen LogP contribution in [0.4, 0.5) is 0 Å². The summed E-state index contributed by atoms with van der Waals surface area (Å²) in [6, 6.07) is 4.35. The number of thiophene rings is 1. The summed E-state index contributed by atoms with van der Waals surface area (Å²) in [5.41, 5.74) is 0. The largest absolute Gasteiger partial charge is 0.341 e. The lowest BCUT2D eigenvalue weighted by Crippen LogP contribution is -2.38. The van der Waals surface area contributed by atoms with Gasteiger partial charge < -0.3 is 9.47 Å². The molecule has 1 saturated carbocycles. The molecule has 0 N–H and O–H groups in total. The van der Waals surface area contributed by atoms with Crippen molar-refractivity contribution in [1.29, 1.82) is 0 Å². The van der Waals surface area contributed by atoms with Gasteiger partial charge in [0.15, 0.2) is 15.0 Å². The van der Waals surface area contributed by atoms with E-state index >= 15 is 0 Å². The van der Waals surface area contributed by atoms with Gasteiger partial charge in [-0.15, -0.1) is 21.5 Å². The molecule has 1 amide bonds. The number of hydrogen-bond donors (Lipinski definition) is 0. The minimum Gasteiger partial charge on any atom is -0.341 e. The van der Waals surface area contributed by atoms with Crippen molar-refractivity contribution >= 4 is 38.8 Å². The molecule has 0 spiro atoms. The first-order chi connectivity index (χ1) is 12.9. The average Bonchev–Trinajstić information content (AvgIpc) is 3.03. The lowest BCUT2D eigenvalue weighted by Gasteiger charge is -2.23. The molecule has 0 bridgehead atoms. The molecule has 1 aliphatic carbocycles. The van der Waals surface area contributed by atoms with Gasteiger partial charge in [-0.2, -0.15) is 0 Å². The van der Waals surface area contributed by atoms with Crippen molar-refractivity contribution in [3.8, 4) is 0 Å². The zero-order chi connectivity index (χ0) is 19.0. The average molecular weight is 427 g/mol. The molecule has 2 aromatic heterocycles. The van der Waals surface area contributed by atoms with Gasteiger partial charge in [-0.1, -0.05) is 17.8 Å². The standard InChI is InChI=1S/C17H22N4O3S3/c1-20(13-6-8-27(23,24)11-13)16(22)10-26-17-19-18-15(21(17)12-4-5-12)9-14-3-2-7-25-14/h2-3,7,12-13H,4-6,8-11H2,1H3/t13-/m1/s1. The molecule has 7 nitrogen and oxygen atoms in total. The van der Waals surface area contributed by atoms with Crippen molar-refractivity contribution < 1.29 is 13.2 Å². The fourth-order valence-corrected chi connectivity index (χ4v) is 6.73. The van der Waals surface area contributed by atoms with Crippen LogP contribution < -0.4 is 0 Å². The van der Waals surface area contributed by atoms with Crippen molar-refractivity contribution in [3.05, 3.63) is 28.2 Å². The predicted molar refractivity (Wildman–Crippen MR) is 106 cm³/mol. The van der Waals surface area contributed by atoms with Crippen molar-refractivity contribution in [2.75, 3.05) is 24.3 Å². The first-order valence-electron chi connectivity index (χ1n) is 8.98. The number of carbonyl (C=O) groups is 1. The van der Waals surface area contributed by atoms with E-state index in [0.717, 1.165) is 30.2 Å². The summed E-state index contributed by atoms with van der Waals surface area (Å²) in [6.07, 6.45) is 3.53. The molecular formula is C17H22N4O3S3. The van der Waals surface area contributed by atoms with Gasteiger partial charge in [0.05, 0.1) is 17.3 Å². The summed E-state index contributed by atoms with van der Waals surface area (Å²) < 4.78 is 25.5. The van der Waals surface area contributed by atoms with E-state index < -0.39 is 9.84 Å². The summed E-state index contributed by atoms with van der Waals surface area (Å²) in [4.78, 5) is 15.4. The van der Waals surface area contributed by atoms with E-state index in [0.29, 0.717) is 12.5 Å². The van der Waals surface area contributed by atoms with E-state index in [1.807, 2.05) is 6.07 Å². The second kappa shape index (κ2) is 7.56. The SMILES string of the molecule is CN(C(=O)CSc1nnc(Cc2cccs2)n1C1CC1)[C@@H]1CCS(=O)(=O)C1. The lowest BCUT2D eigenvalue weighted by atomic mass is 10.2. The van der Waals surface area contributed by atoms with E-state index in [1.165, 1.54) is 16.6 Å². The van der Waals surface area contributed by atoms with Gasteiger partial charge in [-0.3, -0.25) is 4.79 Å². The van der Waals surface area contributed by atoms with Crippen LogP contribution in [0.25, 0.3) is 0 Å². The second-order valence-electron chi connectivity index (χ2n) is 7.11. The van der Waals surface area contributed by atoms with Crippen LogP contribution in [-0.2, 0) is 21.1 Å². The number of thioether (sulfide) groups is 1. The Morgan fingerprint density at radius 2 is 2.19 bits per heavy atom. The van der Waals surface area contributed by atoms with Crippen LogP contribution in [0.1, 0.15) is 36.0 Å². The number of sulfone groups is 1. The third-order valence-corrected chi connectivity index (χ3v) is 8.59. The molecule has 2 aliphatic rings. The Morgan fingerprint density at radius 1 is 1.37 bits per heavy atom. The molecule has 4 rings (SSSR count). The molecule has 1 saturated heterocycles. The van der Waals surface area contributed by atoms with Crippen LogP contribution in [0.5, 0.6) is 0 Å². The lowest BCUT2D eigenvalue weighted by molar-refractivity contribution is -0.128. The van der Waals surface area contributed by atoms with Gasteiger partial charge >= 0.3 is 0 Å². The number of nitrogens with zero attached hydrogens (tertiary/aromatic N) is 4. The van der Waals surface area contributed by atoms with E-state index in [-0.39, 0.29) is 29.2 Å². The molecular weight excluding hydrogens is 404 g/mol. The maximum Gasteiger partial charge on any atom is 0.233 e. The first kappa shape index (κ1) is 18.9. The normalized spacial score (nSPS) is 21.4. The number of aromatic nitrogens is 3. The van der Waals surface area contributed by atoms with E-state index in [2.05, 4.69) is 26.2 Å². The molecule has 0 radical (unpaired) electrons. The maximum atomic E-state index is 12.5. The molecule has 2 aromatic rings. The van der Waals surface area contributed by atoms with Crippen molar-refractivity contribution in [2.24, 2.45) is 0 Å². The number of hydrogen-bond acceptors (Lipinski definition) is 7. The minimum absolute atomic E-state index is 0.0627. The van der Waals surface area contributed by atoms with Gasteiger partial charge in [0.2, 0.25) is 5.91 Å². The van der Waals surface area contributed by atoms with Crippen LogP contribution >= 0.6 is 23.1 Å². The van der Waals surface area contributed by atoms with Gasteiger partial charge in [0.25, 0.3) is 0 Å².